The fourth-order valence-corrected chi connectivity index (χ4v) is 3.40. The molecule has 0 atom stereocenters. The molecule has 0 unspecified atom stereocenters. The Morgan fingerprint density at radius 3 is 2.52 bits per heavy atom. The van der Waals surface area contributed by atoms with Crippen molar-refractivity contribution < 1.29 is 4.52 Å². The maximum Gasteiger partial charge on any atom is 0.191 e. The predicted octanol–water partition coefficient (Wildman–Crippen LogP) is 2.73. The van der Waals surface area contributed by atoms with E-state index in [1.807, 2.05) is 7.05 Å². The summed E-state index contributed by atoms with van der Waals surface area (Å²) >= 11 is 0. The van der Waals surface area contributed by atoms with Gasteiger partial charge < -0.3 is 20.1 Å². The summed E-state index contributed by atoms with van der Waals surface area (Å²) in [5, 5.41) is 11.0. The van der Waals surface area contributed by atoms with E-state index in [4.69, 9.17) is 4.52 Å². The van der Waals surface area contributed by atoms with Crippen molar-refractivity contribution in [3.8, 4) is 0 Å². The van der Waals surface area contributed by atoms with Gasteiger partial charge in [0, 0.05) is 32.1 Å². The quantitative estimate of drug-likeness (QED) is 0.429. The molecular formula is C19H35N5O. The maximum absolute atomic E-state index is 5.42. The van der Waals surface area contributed by atoms with Crippen LogP contribution in [0.2, 0.25) is 0 Å². The number of aromatic nitrogens is 1. The molecular weight excluding hydrogens is 314 g/mol. The van der Waals surface area contributed by atoms with E-state index in [0.29, 0.717) is 6.54 Å². The van der Waals surface area contributed by atoms with Crippen LogP contribution in [0, 0.1) is 0 Å². The lowest BCUT2D eigenvalue weighted by atomic mass is 10.1. The molecule has 1 aromatic heterocycles. The Bertz CT molecular complexity index is 496. The number of nitrogens with zero attached hydrogens (tertiary/aromatic N) is 3. The molecule has 0 bridgehead atoms. The Hall–Kier alpha value is -1.56. The Labute approximate surface area is 152 Å². The van der Waals surface area contributed by atoms with Crippen LogP contribution in [0.1, 0.15) is 63.0 Å². The van der Waals surface area contributed by atoms with E-state index in [0.717, 1.165) is 43.2 Å². The van der Waals surface area contributed by atoms with Gasteiger partial charge >= 0.3 is 0 Å². The first-order valence-corrected chi connectivity index (χ1v) is 9.91. The lowest BCUT2D eigenvalue weighted by molar-refractivity contribution is 0.282. The molecule has 1 aliphatic rings. The highest BCUT2D eigenvalue weighted by atomic mass is 16.5. The maximum atomic E-state index is 5.42. The number of hydrogen-bond acceptors (Lipinski definition) is 4. The molecule has 0 spiro atoms. The topological polar surface area (TPSA) is 65.7 Å². The van der Waals surface area contributed by atoms with Crippen molar-refractivity contribution in [1.29, 1.82) is 0 Å². The minimum absolute atomic E-state index is 0.710. The third-order valence-corrected chi connectivity index (χ3v) is 4.91. The van der Waals surface area contributed by atoms with Gasteiger partial charge in [0.05, 0.1) is 5.69 Å². The van der Waals surface area contributed by atoms with Crippen LogP contribution in [0.15, 0.2) is 9.52 Å². The minimum Gasteiger partial charge on any atom is -0.361 e. The third kappa shape index (κ3) is 6.34. The van der Waals surface area contributed by atoms with Crippen LogP contribution in [0.5, 0.6) is 0 Å². The Balaban J connectivity index is 1.71. The van der Waals surface area contributed by atoms with Gasteiger partial charge in [-0.3, -0.25) is 4.99 Å². The lowest BCUT2D eigenvalue weighted by Crippen LogP contribution is -2.38. The molecule has 0 amide bonds. The standard InChI is InChI=1S/C19H35N5O/c1-4-17-16(18(5-2)25-23-17)15-22-19(20-3)21-11-10-14-24-12-8-6-7-9-13-24/h4-15H2,1-3H3,(H2,20,21,22). The summed E-state index contributed by atoms with van der Waals surface area (Å²) in [6.07, 6.45) is 8.41. The largest absolute Gasteiger partial charge is 0.361 e. The van der Waals surface area contributed by atoms with Crippen molar-refractivity contribution in [2.45, 2.75) is 65.3 Å². The highest BCUT2D eigenvalue weighted by Gasteiger charge is 2.13. The van der Waals surface area contributed by atoms with Crippen LogP contribution in [0.3, 0.4) is 0 Å². The molecule has 142 valence electrons. The van der Waals surface area contributed by atoms with Crippen molar-refractivity contribution >= 4 is 5.96 Å². The van der Waals surface area contributed by atoms with Crippen molar-refractivity contribution in [2.75, 3.05) is 33.2 Å². The molecule has 25 heavy (non-hydrogen) atoms. The smallest absolute Gasteiger partial charge is 0.191 e. The summed E-state index contributed by atoms with van der Waals surface area (Å²) in [5.74, 6) is 1.82. The summed E-state index contributed by atoms with van der Waals surface area (Å²) in [4.78, 5) is 6.93. The van der Waals surface area contributed by atoms with Gasteiger partial charge in [0.1, 0.15) is 5.76 Å². The zero-order chi connectivity index (χ0) is 17.9. The van der Waals surface area contributed by atoms with E-state index >= 15 is 0 Å². The fourth-order valence-electron chi connectivity index (χ4n) is 3.40. The average Bonchev–Trinajstić information content (AvgIpc) is 2.85. The van der Waals surface area contributed by atoms with E-state index in [9.17, 15) is 0 Å². The van der Waals surface area contributed by atoms with E-state index in [1.54, 1.807) is 0 Å². The van der Waals surface area contributed by atoms with Crippen LogP contribution in [-0.2, 0) is 19.4 Å². The molecule has 6 nitrogen and oxygen atoms in total. The monoisotopic (exact) mass is 349 g/mol. The van der Waals surface area contributed by atoms with Gasteiger partial charge in [-0.1, -0.05) is 31.8 Å². The molecule has 6 heteroatoms. The first-order valence-electron chi connectivity index (χ1n) is 9.91. The number of hydrogen-bond donors (Lipinski definition) is 2. The molecule has 1 fully saturated rings. The van der Waals surface area contributed by atoms with Gasteiger partial charge in [-0.25, -0.2) is 0 Å². The summed E-state index contributed by atoms with van der Waals surface area (Å²) in [7, 11) is 1.82. The van der Waals surface area contributed by atoms with E-state index < -0.39 is 0 Å². The normalized spacial score (nSPS) is 16.7. The number of aliphatic imine (C=N–C) groups is 1. The van der Waals surface area contributed by atoms with Crippen LogP contribution < -0.4 is 10.6 Å². The number of rotatable bonds is 8. The zero-order valence-corrected chi connectivity index (χ0v) is 16.2. The molecule has 1 aliphatic heterocycles. The van der Waals surface area contributed by atoms with Crippen LogP contribution >= 0.6 is 0 Å². The van der Waals surface area contributed by atoms with Crippen LogP contribution in [0.4, 0.5) is 0 Å². The molecule has 1 saturated heterocycles. The molecule has 1 aromatic rings. The van der Waals surface area contributed by atoms with Gasteiger partial charge in [0.2, 0.25) is 0 Å². The molecule has 0 saturated carbocycles. The Morgan fingerprint density at radius 1 is 1.12 bits per heavy atom. The number of nitrogens with one attached hydrogen (secondary N) is 2. The molecule has 2 N–H and O–H groups in total. The van der Waals surface area contributed by atoms with E-state index in [-0.39, 0.29) is 0 Å². The predicted molar refractivity (Wildman–Crippen MR) is 103 cm³/mol. The highest BCUT2D eigenvalue weighted by Crippen LogP contribution is 2.15. The minimum atomic E-state index is 0.710. The Kier molecular flexibility index (Phi) is 8.80. The molecule has 0 radical (unpaired) electrons. The summed E-state index contributed by atoms with van der Waals surface area (Å²) in [6.45, 7) is 9.56. The number of likely N-dealkylation sites (tertiary alicyclic amines) is 1. The first kappa shape index (κ1) is 19.8. The second-order valence-corrected chi connectivity index (χ2v) is 6.70. The van der Waals surface area contributed by atoms with Gasteiger partial charge in [-0.15, -0.1) is 0 Å². The fraction of sp³-hybridized carbons (Fsp3) is 0.789. The van der Waals surface area contributed by atoms with Crippen LogP contribution in [0.25, 0.3) is 0 Å². The SMILES string of the molecule is CCc1noc(CC)c1CNC(=NC)NCCCN1CCCCCC1. The molecule has 0 aliphatic carbocycles. The number of guanidine groups is 1. The molecule has 0 aromatic carbocycles. The molecule has 2 rings (SSSR count). The lowest BCUT2D eigenvalue weighted by Gasteiger charge is -2.20. The second kappa shape index (κ2) is 11.1. The van der Waals surface area contributed by atoms with Crippen molar-refractivity contribution in [3.05, 3.63) is 17.0 Å². The van der Waals surface area contributed by atoms with Crippen molar-refractivity contribution in [2.24, 2.45) is 4.99 Å². The summed E-state index contributed by atoms with van der Waals surface area (Å²) in [6, 6.07) is 0. The van der Waals surface area contributed by atoms with Crippen LogP contribution in [-0.4, -0.2) is 49.2 Å². The van der Waals surface area contributed by atoms with Gasteiger partial charge in [0.25, 0.3) is 0 Å². The zero-order valence-electron chi connectivity index (χ0n) is 16.2. The summed E-state index contributed by atoms with van der Waals surface area (Å²) in [5.41, 5.74) is 2.22. The van der Waals surface area contributed by atoms with Crippen molar-refractivity contribution in [1.82, 2.24) is 20.7 Å². The van der Waals surface area contributed by atoms with Gasteiger partial charge in [0.15, 0.2) is 5.96 Å². The Morgan fingerprint density at radius 2 is 1.88 bits per heavy atom. The molecule has 2 heterocycles. The van der Waals surface area contributed by atoms with Gasteiger partial charge in [-0.05, 0) is 45.3 Å². The average molecular weight is 350 g/mol. The summed E-state index contributed by atoms with van der Waals surface area (Å²) < 4.78 is 5.42. The second-order valence-electron chi connectivity index (χ2n) is 6.70. The first-order chi connectivity index (χ1) is 12.3. The number of aryl methyl sites for hydroxylation is 2. The van der Waals surface area contributed by atoms with E-state index in [1.165, 1.54) is 50.9 Å². The van der Waals surface area contributed by atoms with Crippen molar-refractivity contribution in [3.63, 3.8) is 0 Å². The third-order valence-electron chi connectivity index (χ3n) is 4.91. The van der Waals surface area contributed by atoms with E-state index in [2.05, 4.69) is 39.5 Å². The van der Waals surface area contributed by atoms with Gasteiger partial charge in [-0.2, -0.15) is 0 Å². The highest BCUT2D eigenvalue weighted by molar-refractivity contribution is 5.79.